The predicted molar refractivity (Wildman–Crippen MR) is 109 cm³/mol. The molecule has 13 heteroatoms. The first-order chi connectivity index (χ1) is 16.5. The van der Waals surface area contributed by atoms with Crippen LogP contribution in [0.4, 0.5) is 32.0 Å². The molecule has 0 radical (unpaired) electrons. The molecule has 5 rings (SSSR count). The number of para-hydroxylation sites is 1. The summed E-state index contributed by atoms with van der Waals surface area (Å²) in [4.78, 5) is 14.5. The Morgan fingerprint density at radius 1 is 1.06 bits per heavy atom. The number of aromatic nitrogens is 4. The van der Waals surface area contributed by atoms with Gasteiger partial charge in [-0.1, -0.05) is 18.2 Å². The molecule has 0 saturated carbocycles. The lowest BCUT2D eigenvalue weighted by molar-refractivity contribution is -0.141. The number of carbonyl (C=O) groups is 1. The molecule has 0 N–H and O–H groups in total. The van der Waals surface area contributed by atoms with Crippen LogP contribution in [-0.4, -0.2) is 25.9 Å². The lowest BCUT2D eigenvalue weighted by atomic mass is 10.1. The number of aryl methyl sites for hydroxylation is 1. The number of amides is 1. The molecule has 0 saturated heterocycles. The molecule has 0 atom stereocenters. The molecule has 35 heavy (non-hydrogen) atoms. The third-order valence-corrected chi connectivity index (χ3v) is 5.50. The van der Waals surface area contributed by atoms with Gasteiger partial charge in [0.15, 0.2) is 5.69 Å². The summed E-state index contributed by atoms with van der Waals surface area (Å²) < 4.78 is 85.9. The normalized spacial score (nSPS) is 13.7. The molecule has 2 aromatic heterocycles. The zero-order chi connectivity index (χ0) is 25.1. The van der Waals surface area contributed by atoms with E-state index in [-0.39, 0.29) is 46.1 Å². The lowest BCUT2D eigenvalue weighted by Crippen LogP contribution is -2.23. The summed E-state index contributed by atoms with van der Waals surface area (Å²) in [5, 5.41) is 10.2. The topological polar surface area (TPSA) is 77.1 Å². The van der Waals surface area contributed by atoms with Crippen LogP contribution in [0.25, 0.3) is 22.7 Å². The van der Waals surface area contributed by atoms with Gasteiger partial charge in [0.25, 0.3) is 11.8 Å². The van der Waals surface area contributed by atoms with Crippen molar-refractivity contribution in [3.8, 4) is 22.7 Å². The quantitative estimate of drug-likeness (QED) is 0.356. The van der Waals surface area contributed by atoms with Crippen LogP contribution in [0.3, 0.4) is 0 Å². The maximum atomic E-state index is 14.9. The number of fused-ring (bicyclic) bond motifs is 1. The maximum absolute atomic E-state index is 14.9. The molecule has 0 bridgehead atoms. The van der Waals surface area contributed by atoms with E-state index in [4.69, 9.17) is 4.42 Å². The van der Waals surface area contributed by atoms with Crippen molar-refractivity contribution in [3.05, 3.63) is 71.0 Å². The predicted octanol–water partition coefficient (Wildman–Crippen LogP) is 5.39. The van der Waals surface area contributed by atoms with Gasteiger partial charge in [-0.3, -0.25) is 9.48 Å². The minimum atomic E-state index is -4.66. The first-order valence-electron chi connectivity index (χ1n) is 10.0. The Bertz CT molecular complexity index is 1460. The Morgan fingerprint density at radius 2 is 1.80 bits per heavy atom. The van der Waals surface area contributed by atoms with Crippen LogP contribution in [0.1, 0.15) is 33.9 Å². The van der Waals surface area contributed by atoms with E-state index in [2.05, 4.69) is 15.3 Å². The Morgan fingerprint density at radius 3 is 2.46 bits per heavy atom. The van der Waals surface area contributed by atoms with Crippen molar-refractivity contribution >= 4 is 11.6 Å². The number of anilines is 1. The van der Waals surface area contributed by atoms with Crippen molar-refractivity contribution in [1.29, 1.82) is 0 Å². The van der Waals surface area contributed by atoms with Gasteiger partial charge in [-0.25, -0.2) is 4.39 Å². The van der Waals surface area contributed by atoms with E-state index in [0.29, 0.717) is 0 Å². The number of nitrogens with zero attached hydrogens (tertiary/aromatic N) is 5. The summed E-state index contributed by atoms with van der Waals surface area (Å²) >= 11 is 0. The molecule has 180 valence electrons. The summed E-state index contributed by atoms with van der Waals surface area (Å²) in [7, 11) is 1.34. The third-order valence-electron chi connectivity index (χ3n) is 5.50. The van der Waals surface area contributed by atoms with Gasteiger partial charge >= 0.3 is 12.6 Å². The van der Waals surface area contributed by atoms with Gasteiger partial charge in [-0.15, -0.1) is 10.2 Å². The van der Waals surface area contributed by atoms with Gasteiger partial charge in [0, 0.05) is 29.3 Å². The molecule has 3 heterocycles. The van der Waals surface area contributed by atoms with Crippen molar-refractivity contribution < 1.29 is 35.6 Å². The van der Waals surface area contributed by atoms with Gasteiger partial charge in [-0.05, 0) is 24.3 Å². The Balaban J connectivity index is 1.55. The minimum Gasteiger partial charge on any atom is -0.415 e. The van der Waals surface area contributed by atoms with E-state index < -0.39 is 35.9 Å². The molecule has 0 fully saturated rings. The monoisotopic (exact) mass is 493 g/mol. The fraction of sp³-hybridized carbons (Fsp3) is 0.182. The second-order valence-electron chi connectivity index (χ2n) is 7.67. The maximum Gasteiger partial charge on any atom is 0.435 e. The van der Waals surface area contributed by atoms with Crippen LogP contribution in [-0.2, 0) is 19.8 Å². The van der Waals surface area contributed by atoms with E-state index in [9.17, 15) is 31.1 Å². The molecule has 0 aliphatic carbocycles. The molecule has 7 nitrogen and oxygen atoms in total. The van der Waals surface area contributed by atoms with E-state index in [1.54, 1.807) is 12.1 Å². The molecular weight excluding hydrogens is 480 g/mol. The van der Waals surface area contributed by atoms with Crippen molar-refractivity contribution in [2.24, 2.45) is 7.05 Å². The first kappa shape index (κ1) is 22.6. The first-order valence-corrected chi connectivity index (χ1v) is 10.0. The Labute approximate surface area is 192 Å². The molecule has 1 aliphatic heterocycles. The summed E-state index contributed by atoms with van der Waals surface area (Å²) in [5.74, 6) is -2.78. The van der Waals surface area contributed by atoms with Gasteiger partial charge in [0.2, 0.25) is 5.89 Å². The summed E-state index contributed by atoms with van der Waals surface area (Å²) in [5.41, 5.74) is -0.578. The van der Waals surface area contributed by atoms with Crippen molar-refractivity contribution in [2.45, 2.75) is 19.1 Å². The average molecular weight is 493 g/mol. The standard InChI is InChI=1S/C22H13F6N5O2/c1-32-16(8-17(31-32)22(26,27)28)11-4-2-3-5-15(11)33-9-13-12(21(33)34)6-10(7-14(13)23)19-29-30-20(35-19)18(24)25/h2-8,18H,9H2,1H3. The number of halogens is 6. The smallest absolute Gasteiger partial charge is 0.415 e. The Kier molecular flexibility index (Phi) is 5.15. The van der Waals surface area contributed by atoms with Gasteiger partial charge in [0.1, 0.15) is 5.82 Å². The second-order valence-corrected chi connectivity index (χ2v) is 7.67. The number of alkyl halides is 5. The molecule has 0 unspecified atom stereocenters. The zero-order valence-electron chi connectivity index (χ0n) is 17.6. The van der Waals surface area contributed by atoms with Crippen molar-refractivity contribution in [3.63, 3.8) is 0 Å². The fourth-order valence-electron chi connectivity index (χ4n) is 3.90. The van der Waals surface area contributed by atoms with Crippen LogP contribution < -0.4 is 4.90 Å². The average Bonchev–Trinajstić information content (AvgIpc) is 3.51. The van der Waals surface area contributed by atoms with E-state index >= 15 is 0 Å². The van der Waals surface area contributed by atoms with Gasteiger partial charge in [-0.2, -0.15) is 27.1 Å². The number of benzene rings is 2. The molecule has 1 amide bonds. The van der Waals surface area contributed by atoms with Gasteiger partial charge in [0.05, 0.1) is 17.9 Å². The summed E-state index contributed by atoms with van der Waals surface area (Å²) in [6.07, 6.45) is -7.68. The third kappa shape index (κ3) is 3.82. The number of hydrogen-bond donors (Lipinski definition) is 0. The lowest BCUT2D eigenvalue weighted by Gasteiger charge is -2.19. The second kappa shape index (κ2) is 7.96. The Hall–Kier alpha value is -4.16. The van der Waals surface area contributed by atoms with Crippen LogP contribution in [0, 0.1) is 5.82 Å². The highest BCUT2D eigenvalue weighted by Crippen LogP contribution is 2.39. The highest BCUT2D eigenvalue weighted by molar-refractivity contribution is 6.12. The fourth-order valence-corrected chi connectivity index (χ4v) is 3.90. The number of rotatable bonds is 4. The molecule has 2 aromatic carbocycles. The molecule has 1 aliphatic rings. The highest BCUT2D eigenvalue weighted by Gasteiger charge is 2.37. The largest absolute Gasteiger partial charge is 0.435 e. The van der Waals surface area contributed by atoms with Gasteiger partial charge < -0.3 is 9.32 Å². The van der Waals surface area contributed by atoms with E-state index in [0.717, 1.165) is 16.8 Å². The van der Waals surface area contributed by atoms with Crippen molar-refractivity contribution in [1.82, 2.24) is 20.0 Å². The van der Waals surface area contributed by atoms with Crippen LogP contribution in [0.2, 0.25) is 0 Å². The van der Waals surface area contributed by atoms with E-state index in [1.165, 1.54) is 30.1 Å². The van der Waals surface area contributed by atoms with Crippen LogP contribution in [0.5, 0.6) is 0 Å². The van der Waals surface area contributed by atoms with Crippen LogP contribution >= 0.6 is 0 Å². The summed E-state index contributed by atoms with van der Waals surface area (Å²) in [6.45, 7) is -0.201. The SMILES string of the molecule is Cn1nc(C(F)(F)F)cc1-c1ccccc1N1Cc2c(F)cc(-c3nnc(C(F)F)o3)cc2C1=O. The highest BCUT2D eigenvalue weighted by atomic mass is 19.4. The summed E-state index contributed by atoms with van der Waals surface area (Å²) in [6, 6.07) is 9.31. The van der Waals surface area contributed by atoms with E-state index in [1.807, 2.05) is 0 Å². The number of carbonyl (C=O) groups excluding carboxylic acids is 1. The number of hydrogen-bond acceptors (Lipinski definition) is 5. The molecular formula is C22H13F6N5O2. The molecule has 0 spiro atoms. The molecule has 4 aromatic rings. The van der Waals surface area contributed by atoms with Crippen LogP contribution in [0.15, 0.2) is 46.9 Å². The van der Waals surface area contributed by atoms with Crippen molar-refractivity contribution in [2.75, 3.05) is 4.90 Å². The zero-order valence-corrected chi connectivity index (χ0v) is 17.6. The minimum absolute atomic E-state index is 0.0307.